The lowest BCUT2D eigenvalue weighted by molar-refractivity contribution is -0.134. The number of carbonyl (C=O) groups excluding carboxylic acids is 2. The average molecular weight is 408 g/mol. The van der Waals surface area contributed by atoms with E-state index in [4.69, 9.17) is 9.47 Å². The van der Waals surface area contributed by atoms with Crippen molar-refractivity contribution in [3.8, 4) is 11.5 Å². The molecule has 2 saturated heterocycles. The minimum atomic E-state index is -0.295. The molecule has 30 heavy (non-hydrogen) atoms. The molecule has 158 valence electrons. The summed E-state index contributed by atoms with van der Waals surface area (Å²) in [6.07, 6.45) is 2.08. The largest absolute Gasteiger partial charge is 0.497 e. The first-order valence-electron chi connectivity index (χ1n) is 10.5. The number of nitrogens with zero attached hydrogens (tertiary/aromatic N) is 2. The molecule has 0 bridgehead atoms. The summed E-state index contributed by atoms with van der Waals surface area (Å²) in [4.78, 5) is 30.3. The van der Waals surface area contributed by atoms with Crippen LogP contribution in [-0.2, 0) is 4.79 Å². The van der Waals surface area contributed by atoms with Crippen molar-refractivity contribution < 1.29 is 19.1 Å². The number of likely N-dealkylation sites (tertiary alicyclic amines) is 2. The number of hydrogen-bond donors (Lipinski definition) is 0. The Morgan fingerprint density at radius 3 is 2.30 bits per heavy atom. The quantitative estimate of drug-likeness (QED) is 0.763. The zero-order chi connectivity index (χ0) is 21.1. The van der Waals surface area contributed by atoms with Crippen LogP contribution < -0.4 is 9.47 Å². The van der Waals surface area contributed by atoms with E-state index >= 15 is 0 Å². The van der Waals surface area contributed by atoms with Crippen molar-refractivity contribution in [2.75, 3.05) is 40.4 Å². The van der Waals surface area contributed by atoms with E-state index in [2.05, 4.69) is 0 Å². The van der Waals surface area contributed by atoms with Crippen LogP contribution in [0.15, 0.2) is 48.5 Å². The zero-order valence-corrected chi connectivity index (χ0v) is 17.5. The van der Waals surface area contributed by atoms with Gasteiger partial charge in [0.2, 0.25) is 5.91 Å². The molecule has 2 aromatic rings. The summed E-state index contributed by atoms with van der Waals surface area (Å²) in [5.41, 5.74) is 1.56. The van der Waals surface area contributed by atoms with Crippen molar-refractivity contribution >= 4 is 11.8 Å². The van der Waals surface area contributed by atoms with Gasteiger partial charge in [-0.2, -0.15) is 0 Å². The fourth-order valence-corrected chi connectivity index (χ4v) is 4.60. The lowest BCUT2D eigenvalue weighted by Crippen LogP contribution is -2.37. The molecule has 4 rings (SSSR count). The van der Waals surface area contributed by atoms with Gasteiger partial charge in [0.05, 0.1) is 20.1 Å². The standard InChI is InChI=1S/C24H28N2O4/c1-29-18-10-11-22(30-2)19(14-18)20-15-26(23(27)17-8-4-3-5-9-17)16-21(20)24(28)25-12-6-7-13-25/h3-5,8-11,14,20-21H,6-7,12-13,15-16H2,1-2H3/t20-,21-/m0/s1. The number of hydrogen-bond acceptors (Lipinski definition) is 4. The summed E-state index contributed by atoms with van der Waals surface area (Å²) in [7, 11) is 3.25. The van der Waals surface area contributed by atoms with E-state index in [1.807, 2.05) is 53.4 Å². The van der Waals surface area contributed by atoms with Gasteiger partial charge in [-0.1, -0.05) is 18.2 Å². The zero-order valence-electron chi connectivity index (χ0n) is 17.5. The molecule has 0 saturated carbocycles. The summed E-state index contributed by atoms with van der Waals surface area (Å²) in [6, 6.07) is 14.9. The van der Waals surface area contributed by atoms with Gasteiger partial charge < -0.3 is 19.3 Å². The molecule has 6 nitrogen and oxygen atoms in total. The van der Waals surface area contributed by atoms with Crippen LogP contribution in [0, 0.1) is 5.92 Å². The van der Waals surface area contributed by atoms with Crippen LogP contribution in [0.5, 0.6) is 11.5 Å². The number of benzene rings is 2. The maximum Gasteiger partial charge on any atom is 0.253 e. The molecular formula is C24H28N2O4. The van der Waals surface area contributed by atoms with Gasteiger partial charge in [-0.3, -0.25) is 9.59 Å². The Hall–Kier alpha value is -3.02. The van der Waals surface area contributed by atoms with Crippen molar-refractivity contribution in [3.05, 3.63) is 59.7 Å². The monoisotopic (exact) mass is 408 g/mol. The summed E-state index contributed by atoms with van der Waals surface area (Å²) < 4.78 is 11.0. The van der Waals surface area contributed by atoms with Crippen LogP contribution in [0.2, 0.25) is 0 Å². The third kappa shape index (κ3) is 3.86. The van der Waals surface area contributed by atoms with Gasteiger partial charge in [-0.05, 0) is 43.2 Å². The molecule has 0 radical (unpaired) electrons. The Morgan fingerprint density at radius 2 is 1.63 bits per heavy atom. The van der Waals surface area contributed by atoms with Crippen LogP contribution in [0.4, 0.5) is 0 Å². The first kappa shape index (κ1) is 20.3. The topological polar surface area (TPSA) is 59.1 Å². The van der Waals surface area contributed by atoms with Crippen molar-refractivity contribution in [1.82, 2.24) is 9.80 Å². The number of methoxy groups -OCH3 is 2. The highest BCUT2D eigenvalue weighted by atomic mass is 16.5. The van der Waals surface area contributed by atoms with Gasteiger partial charge >= 0.3 is 0 Å². The van der Waals surface area contributed by atoms with Gasteiger partial charge in [0.1, 0.15) is 11.5 Å². The van der Waals surface area contributed by atoms with Gasteiger partial charge in [-0.25, -0.2) is 0 Å². The third-order valence-electron chi connectivity index (χ3n) is 6.20. The van der Waals surface area contributed by atoms with E-state index in [-0.39, 0.29) is 23.7 Å². The molecule has 2 fully saturated rings. The number of rotatable bonds is 5. The minimum Gasteiger partial charge on any atom is -0.497 e. The maximum atomic E-state index is 13.4. The highest BCUT2D eigenvalue weighted by Crippen LogP contribution is 2.41. The Morgan fingerprint density at radius 1 is 0.900 bits per heavy atom. The molecule has 2 atom stereocenters. The van der Waals surface area contributed by atoms with E-state index in [0.29, 0.717) is 30.2 Å². The fourth-order valence-electron chi connectivity index (χ4n) is 4.60. The lowest BCUT2D eigenvalue weighted by atomic mass is 9.87. The van der Waals surface area contributed by atoms with Crippen molar-refractivity contribution in [3.63, 3.8) is 0 Å². The highest BCUT2D eigenvalue weighted by molar-refractivity contribution is 5.95. The molecule has 2 aliphatic rings. The molecule has 0 aromatic heterocycles. The number of amides is 2. The first-order chi connectivity index (χ1) is 14.6. The van der Waals surface area contributed by atoms with Crippen molar-refractivity contribution in [2.45, 2.75) is 18.8 Å². The Balaban J connectivity index is 1.68. The highest BCUT2D eigenvalue weighted by Gasteiger charge is 2.43. The Kier molecular flexibility index (Phi) is 5.93. The van der Waals surface area contributed by atoms with Crippen molar-refractivity contribution in [1.29, 1.82) is 0 Å². The molecule has 0 aliphatic carbocycles. The van der Waals surface area contributed by atoms with Crippen LogP contribution >= 0.6 is 0 Å². The molecule has 2 aliphatic heterocycles. The lowest BCUT2D eigenvalue weighted by Gasteiger charge is -2.25. The summed E-state index contributed by atoms with van der Waals surface area (Å²) in [6.45, 7) is 2.48. The Labute approximate surface area is 177 Å². The van der Waals surface area contributed by atoms with Gasteiger partial charge in [-0.15, -0.1) is 0 Å². The summed E-state index contributed by atoms with van der Waals surface area (Å²) >= 11 is 0. The van der Waals surface area contributed by atoms with Crippen LogP contribution in [-0.4, -0.2) is 62.0 Å². The third-order valence-corrected chi connectivity index (χ3v) is 6.20. The normalized spacial score (nSPS) is 21.0. The second kappa shape index (κ2) is 8.78. The van der Waals surface area contributed by atoms with Gasteiger partial charge in [0, 0.05) is 43.2 Å². The van der Waals surface area contributed by atoms with Gasteiger partial charge in [0.25, 0.3) is 5.91 Å². The number of carbonyl (C=O) groups is 2. The van der Waals surface area contributed by atoms with E-state index < -0.39 is 0 Å². The summed E-state index contributed by atoms with van der Waals surface area (Å²) in [5, 5.41) is 0. The van der Waals surface area contributed by atoms with Crippen LogP contribution in [0.25, 0.3) is 0 Å². The molecule has 2 amide bonds. The molecule has 6 heteroatoms. The maximum absolute atomic E-state index is 13.4. The van der Waals surface area contributed by atoms with Crippen molar-refractivity contribution in [2.24, 2.45) is 5.92 Å². The molecule has 2 aromatic carbocycles. The molecular weight excluding hydrogens is 380 g/mol. The second-order valence-corrected chi connectivity index (χ2v) is 7.93. The number of ether oxygens (including phenoxy) is 2. The molecule has 0 spiro atoms. The molecule has 0 N–H and O–H groups in total. The Bertz CT molecular complexity index is 909. The van der Waals surface area contributed by atoms with E-state index in [0.717, 1.165) is 31.5 Å². The van der Waals surface area contributed by atoms with Crippen LogP contribution in [0.1, 0.15) is 34.7 Å². The average Bonchev–Trinajstić information content (AvgIpc) is 3.49. The predicted octanol–water partition coefficient (Wildman–Crippen LogP) is 3.18. The van der Waals surface area contributed by atoms with E-state index in [1.54, 1.807) is 19.1 Å². The minimum absolute atomic E-state index is 0.0424. The first-order valence-corrected chi connectivity index (χ1v) is 10.5. The molecule has 2 heterocycles. The predicted molar refractivity (Wildman–Crippen MR) is 114 cm³/mol. The van der Waals surface area contributed by atoms with Gasteiger partial charge in [0.15, 0.2) is 0 Å². The second-order valence-electron chi connectivity index (χ2n) is 7.93. The van der Waals surface area contributed by atoms with E-state index in [1.165, 1.54) is 0 Å². The SMILES string of the molecule is COc1ccc(OC)c([C@@H]2CN(C(=O)c3ccccc3)C[C@@H]2C(=O)N2CCCC2)c1. The van der Waals surface area contributed by atoms with Crippen LogP contribution in [0.3, 0.4) is 0 Å². The molecule has 0 unspecified atom stereocenters. The summed E-state index contributed by atoms with van der Waals surface area (Å²) in [5.74, 6) is 1.08. The fraction of sp³-hybridized carbons (Fsp3) is 0.417. The smallest absolute Gasteiger partial charge is 0.253 e. The van der Waals surface area contributed by atoms with E-state index in [9.17, 15) is 9.59 Å².